The van der Waals surface area contributed by atoms with E-state index >= 15 is 0 Å². The molecule has 0 aliphatic heterocycles. The van der Waals surface area contributed by atoms with Gasteiger partial charge in [-0.3, -0.25) is 0 Å². The van der Waals surface area contributed by atoms with E-state index in [4.69, 9.17) is 29.8 Å². The Hall–Kier alpha value is 6.90. The molecule has 0 amide bonds. The summed E-state index contributed by atoms with van der Waals surface area (Å²) in [4.78, 5) is 0. The number of hydrogen-bond donors (Lipinski definition) is 2. The third kappa shape index (κ3) is 267. The van der Waals surface area contributed by atoms with Crippen LogP contribution in [0.15, 0.2) is 0 Å². The van der Waals surface area contributed by atoms with Crippen molar-refractivity contribution in [3.05, 3.63) is 0 Å². The first kappa shape index (κ1) is 51.0. The Balaban J connectivity index is -0.00000000545. The maximum absolute atomic E-state index is 6.60. The molecule has 130 valence electrons. The number of thiol groups is 2. The fourth-order valence-electron chi connectivity index (χ4n) is 0. The maximum atomic E-state index is 6.60. The Labute approximate surface area is 262 Å². The van der Waals surface area contributed by atoms with Gasteiger partial charge in [0.25, 0.3) is 0 Å². The first-order chi connectivity index (χ1) is 9.37. The second kappa shape index (κ2) is 127. The standard InChI is InChI=1S/Au.B2.3ClH.HI.2Mg.H2S4.4S2.H2.4H/c;1-2;;;;;;;1-3-4-2;4*1-2;;;;;/h;;4*1H;;;3-4H;;;;;1H;;;;/q+3;;;;;;2*+2;;;;;;;4*-1/p-3/i;;;;;;;;3T,4T;;;;;4*1+2;. The van der Waals surface area contributed by atoms with Crippen LogP contribution in [-0.4, -0.2) is 63.8 Å². The number of halogens is 4. The largest absolute Gasteiger partial charge is 2.00 e. The third-order valence-corrected chi connectivity index (χ3v) is 2.25. The van der Waals surface area contributed by atoms with Gasteiger partial charge in [-0.15, -0.1) is 24.0 Å². The van der Waals surface area contributed by atoms with Crippen molar-refractivity contribution < 1.29 is 22.3 Å². The summed E-state index contributed by atoms with van der Waals surface area (Å²) < 4.78 is 13.2. The van der Waals surface area contributed by atoms with Crippen LogP contribution in [0.2, 0.25) is 0 Å². The normalized spacial score (nSPS) is 8.81. The van der Waals surface area contributed by atoms with E-state index in [0.29, 0.717) is 0 Å². The van der Waals surface area contributed by atoms with Crippen molar-refractivity contribution in [2.24, 2.45) is 0 Å². The fourth-order valence-corrected chi connectivity index (χ4v) is 0. The predicted molar refractivity (Wildman–Crippen MR) is 154 cm³/mol. The van der Waals surface area contributed by atoms with Crippen molar-refractivity contribution >= 4 is 244 Å². The van der Waals surface area contributed by atoms with E-state index in [1.165, 1.54) is 0 Å². The van der Waals surface area contributed by atoms with Gasteiger partial charge in [0, 0.05) is 106 Å². The first-order valence-corrected chi connectivity index (χ1v) is 19.2. The van der Waals surface area contributed by atoms with E-state index in [2.05, 4.69) is 127 Å². The molecule has 21 heteroatoms. The molecule has 0 fully saturated rings. The van der Waals surface area contributed by atoms with Gasteiger partial charge in [0.1, 0.15) is 2.25 Å². The van der Waals surface area contributed by atoms with Crippen molar-refractivity contribution in [1.82, 2.24) is 0 Å². The van der Waals surface area contributed by atoms with Gasteiger partial charge in [-0.2, -0.15) is 0 Å². The summed E-state index contributed by atoms with van der Waals surface area (Å²) in [6.07, 6.45) is 0. The Morgan fingerprint density at radius 3 is 0.905 bits per heavy atom. The molecule has 2 atom stereocenters. The van der Waals surface area contributed by atoms with E-state index in [-0.39, 0.29) is 77.2 Å². The molecule has 4 radical (unpaired) electrons. The Morgan fingerprint density at radius 2 is 0.905 bits per heavy atom. The molecule has 2 unspecified atom stereocenters. The van der Waals surface area contributed by atoms with Crippen LogP contribution in [-0.2, 0) is 146 Å². The topological polar surface area (TPSA) is 0 Å². The van der Waals surface area contributed by atoms with Crippen LogP contribution >= 0.6 is 51.5 Å². The average Bonchev–Trinajstić information content (AvgIpc) is 2.49. The smallest absolute Gasteiger partial charge is 1.00 e. The minimum absolute atomic E-state index is 0. The summed E-state index contributed by atoms with van der Waals surface area (Å²) >= 11 is 36.2. The molecule has 0 aromatic rings. The summed E-state index contributed by atoms with van der Waals surface area (Å²) in [7, 11) is 20.8. The molecule has 0 aliphatic rings. The van der Waals surface area contributed by atoms with Crippen LogP contribution in [0.25, 0.3) is 0 Å². The van der Waals surface area contributed by atoms with Crippen LogP contribution in [0.4, 0.5) is 0 Å². The molecule has 0 aliphatic carbocycles. The van der Waals surface area contributed by atoms with Crippen molar-refractivity contribution in [2.75, 3.05) is 0 Å². The zero-order valence-electron chi connectivity index (χ0n) is 15.3. The second-order valence-electron chi connectivity index (χ2n) is 0.265. The number of hydrogen-bond acceptors (Lipinski definition) is 10. The van der Waals surface area contributed by atoms with Crippen LogP contribution in [0.1, 0.15) is 7.13 Å². The molecule has 0 saturated heterocycles. The average molecular weight is 906 g/mol. The van der Waals surface area contributed by atoms with Crippen molar-refractivity contribution in [1.29, 1.82) is 2.25 Å². The van der Waals surface area contributed by atoms with Gasteiger partial charge >= 0.3 is 88.9 Å². The Bertz CT molecular complexity index is 192. The van der Waals surface area contributed by atoms with Gasteiger partial charge in [-0.1, -0.05) is 18.5 Å². The monoisotopic (exact) mass is 904 g/mol. The molecule has 0 saturated carbocycles. The van der Waals surface area contributed by atoms with Gasteiger partial charge in [0.05, 0.1) is 0 Å². The van der Waals surface area contributed by atoms with Gasteiger partial charge < -0.3 is 5.71 Å². The molecule has 0 rings (SSSR count). The van der Waals surface area contributed by atoms with E-state index in [9.17, 15) is 0 Å². The van der Waals surface area contributed by atoms with Crippen LogP contribution < -0.4 is 0 Å². The van der Waals surface area contributed by atoms with Crippen molar-refractivity contribution in [3.8, 4) is 0 Å². The van der Waals surface area contributed by atoms with Crippen LogP contribution in [0.3, 0.4) is 0 Å². The molecule has 0 spiro atoms. The van der Waals surface area contributed by atoms with Crippen molar-refractivity contribution in [2.45, 2.75) is 0 Å². The molecule has 0 N–H and O–H groups in total. The second-order valence-corrected chi connectivity index (χ2v) is 13.2. The van der Waals surface area contributed by atoms with Crippen LogP contribution in [0.5, 0.6) is 0 Å². The minimum atomic E-state index is -1.79. The molecule has 0 aromatic heterocycles. The summed E-state index contributed by atoms with van der Waals surface area (Å²) in [5.74, 6) is 0. The number of rotatable bonds is 1. The summed E-state index contributed by atoms with van der Waals surface area (Å²) in [5.41, 5.74) is 0. The molecule has 0 nitrogen and oxygen atoms in total. The summed E-state index contributed by atoms with van der Waals surface area (Å²) in [6, 6.07) is 0. The van der Waals surface area contributed by atoms with Gasteiger partial charge in [-0.05, 0) is 22.4 Å². The zero-order chi connectivity index (χ0) is 18.7. The SMILES string of the molecule is I.S=S.S=S.S=S.S=S.[3H-].[3H-].[3H-].[3HH].[3H]S(=S)S([3H])=S.[B][B].[Cl][Au]([Cl])[Cl].[H-].[Mg+2].[Mg+2]. The quantitative estimate of drug-likeness (QED) is 0.171. The van der Waals surface area contributed by atoms with E-state index in [1.807, 2.05) is 0 Å². The predicted octanol–water partition coefficient (Wildman–Crippen LogP) is 1.29. The van der Waals surface area contributed by atoms with Crippen LogP contribution in [0, 0.1) is 0 Å². The van der Waals surface area contributed by atoms with E-state index in [0.717, 1.165) is 0 Å². The molecule has 0 bridgehead atoms. The maximum Gasteiger partial charge on any atom is 2.00 e. The third-order valence-electron chi connectivity index (χ3n) is 0.0278. The van der Waals surface area contributed by atoms with Crippen molar-refractivity contribution in [3.63, 3.8) is 0 Å². The minimum Gasteiger partial charge on any atom is -1.00 e. The molecular formula is H9AuB2Cl3IMg2S12. The molecule has 21 heavy (non-hydrogen) atoms. The van der Waals surface area contributed by atoms with E-state index in [1.54, 1.807) is 0 Å². The first-order valence-electron chi connectivity index (χ1n) is 2.66. The molecular weight excluding hydrogens is 885 g/mol. The van der Waals surface area contributed by atoms with Gasteiger partial charge in [0.2, 0.25) is 0 Å². The molecule has 0 aromatic carbocycles. The zero-order valence-corrected chi connectivity index (χ0v) is 28.7. The Kier molecular flexibility index (Phi) is 309. The van der Waals surface area contributed by atoms with Gasteiger partial charge in [-0.25, -0.2) is 0 Å². The fraction of sp³-hybridized carbons (Fsp3) is 0. The molecule has 0 heterocycles. The van der Waals surface area contributed by atoms with E-state index < -0.39 is 33.7 Å². The van der Waals surface area contributed by atoms with Gasteiger partial charge in [0.15, 0.2) is 0 Å². The Morgan fingerprint density at radius 1 is 0.857 bits per heavy atom. The summed E-state index contributed by atoms with van der Waals surface area (Å²) in [6.45, 7) is 0. The summed E-state index contributed by atoms with van der Waals surface area (Å²) in [5, 5.41) is 0.